The molecule has 2 nitrogen and oxygen atoms in total. The monoisotopic (exact) mass is 751 g/mol. The van der Waals surface area contributed by atoms with Crippen molar-refractivity contribution in [3.05, 3.63) is 247 Å². The Bertz CT molecular complexity index is 3360. The normalized spacial score (nSPS) is 12.9. The maximum absolute atomic E-state index is 6.57. The number of fused-ring (bicyclic) bond motifs is 9. The Labute approximate surface area is 342 Å². The highest BCUT2D eigenvalue weighted by molar-refractivity contribution is 6.15. The molecule has 11 aromatic rings. The van der Waals surface area contributed by atoms with Crippen LogP contribution in [0.25, 0.3) is 65.7 Å². The Morgan fingerprint density at radius 1 is 0.322 bits per heavy atom. The van der Waals surface area contributed by atoms with Gasteiger partial charge in [-0.2, -0.15) is 0 Å². The third-order valence-corrected chi connectivity index (χ3v) is 12.5. The van der Waals surface area contributed by atoms with E-state index in [9.17, 15) is 0 Å². The van der Waals surface area contributed by atoms with Crippen molar-refractivity contribution in [3.8, 4) is 22.3 Å². The molecule has 0 unspecified atom stereocenters. The highest BCUT2D eigenvalue weighted by atomic mass is 16.3. The van der Waals surface area contributed by atoms with E-state index in [1.165, 1.54) is 60.5 Å². The topological polar surface area (TPSA) is 16.4 Å². The van der Waals surface area contributed by atoms with Gasteiger partial charge in [-0.25, -0.2) is 0 Å². The average molecular weight is 752 g/mol. The molecule has 0 fully saturated rings. The second-order valence-corrected chi connectivity index (χ2v) is 15.6. The van der Waals surface area contributed by atoms with E-state index >= 15 is 0 Å². The van der Waals surface area contributed by atoms with Gasteiger partial charge in [-0.15, -0.1) is 0 Å². The van der Waals surface area contributed by atoms with Crippen molar-refractivity contribution in [1.82, 2.24) is 0 Å². The zero-order chi connectivity index (χ0) is 38.9. The van der Waals surface area contributed by atoms with Crippen molar-refractivity contribution in [3.63, 3.8) is 0 Å². The number of anilines is 3. The van der Waals surface area contributed by atoms with Gasteiger partial charge in [-0.05, 0) is 103 Å². The molecular weight excluding hydrogens is 715 g/mol. The van der Waals surface area contributed by atoms with E-state index < -0.39 is 5.41 Å². The molecule has 1 aliphatic carbocycles. The molecule has 0 saturated heterocycles. The molecule has 10 aromatic carbocycles. The van der Waals surface area contributed by atoms with Gasteiger partial charge in [0.05, 0.1) is 11.1 Å². The third kappa shape index (κ3) is 5.00. The van der Waals surface area contributed by atoms with Crippen LogP contribution in [-0.2, 0) is 5.41 Å². The fraction of sp³-hybridized carbons (Fsp3) is 0.0175. The average Bonchev–Trinajstić information content (AvgIpc) is 3.83. The number of para-hydroxylation sites is 2. The fourth-order valence-electron chi connectivity index (χ4n) is 10.0. The molecule has 0 atom stereocenters. The van der Waals surface area contributed by atoms with Gasteiger partial charge < -0.3 is 9.32 Å². The summed E-state index contributed by atoms with van der Waals surface area (Å²) in [6, 6.07) is 81.9. The minimum atomic E-state index is -0.535. The highest BCUT2D eigenvalue weighted by Gasteiger charge is 2.46. The smallest absolute Gasteiger partial charge is 0.137 e. The lowest BCUT2D eigenvalue weighted by Crippen LogP contribution is -2.28. The Kier molecular flexibility index (Phi) is 7.48. The summed E-state index contributed by atoms with van der Waals surface area (Å²) in [6.07, 6.45) is 0. The summed E-state index contributed by atoms with van der Waals surface area (Å²) < 4.78 is 6.57. The standard InChI is InChI=1S/C57H37NO/c1-3-18-39(19-4-1)57(40-20-5-2-6-21-40)52-28-14-11-25-46(52)47-33-31-41(36-53(47)57)58(42-32-34-50-49-27-13-16-30-55(49)59-56(50)37-42)54-29-15-12-26-48(54)51-35-38-17-7-8-22-43(38)44-23-9-10-24-45(44)51/h1-37H. The summed E-state index contributed by atoms with van der Waals surface area (Å²) in [6.45, 7) is 0. The first-order valence-electron chi connectivity index (χ1n) is 20.3. The third-order valence-electron chi connectivity index (χ3n) is 12.5. The fourth-order valence-corrected chi connectivity index (χ4v) is 10.0. The minimum Gasteiger partial charge on any atom is -0.456 e. The molecule has 0 bridgehead atoms. The number of hydrogen-bond donors (Lipinski definition) is 0. The van der Waals surface area contributed by atoms with Crippen LogP contribution in [-0.4, -0.2) is 0 Å². The van der Waals surface area contributed by atoms with Crippen molar-refractivity contribution >= 4 is 60.5 Å². The summed E-state index contributed by atoms with van der Waals surface area (Å²) in [5.74, 6) is 0. The van der Waals surface area contributed by atoms with E-state index in [0.29, 0.717) is 0 Å². The molecule has 276 valence electrons. The second-order valence-electron chi connectivity index (χ2n) is 15.6. The lowest BCUT2D eigenvalue weighted by atomic mass is 9.67. The van der Waals surface area contributed by atoms with E-state index in [4.69, 9.17) is 4.42 Å². The summed E-state index contributed by atoms with van der Waals surface area (Å²) in [5.41, 5.74) is 14.3. The van der Waals surface area contributed by atoms with Crippen LogP contribution in [0.4, 0.5) is 17.1 Å². The highest BCUT2D eigenvalue weighted by Crippen LogP contribution is 2.57. The summed E-state index contributed by atoms with van der Waals surface area (Å²) in [4.78, 5) is 2.44. The van der Waals surface area contributed by atoms with Crippen LogP contribution in [0.3, 0.4) is 0 Å². The molecule has 1 aliphatic rings. The Balaban J connectivity index is 1.16. The molecule has 2 heteroatoms. The number of nitrogens with zero attached hydrogens (tertiary/aromatic N) is 1. The molecule has 59 heavy (non-hydrogen) atoms. The van der Waals surface area contributed by atoms with Crippen LogP contribution in [0.15, 0.2) is 229 Å². The Morgan fingerprint density at radius 3 is 1.68 bits per heavy atom. The van der Waals surface area contributed by atoms with Crippen LogP contribution < -0.4 is 4.90 Å². The maximum Gasteiger partial charge on any atom is 0.137 e. The van der Waals surface area contributed by atoms with Gasteiger partial charge in [-0.1, -0.05) is 176 Å². The lowest BCUT2D eigenvalue weighted by molar-refractivity contribution is 0.669. The van der Waals surface area contributed by atoms with Crippen molar-refractivity contribution in [1.29, 1.82) is 0 Å². The number of hydrogen-bond acceptors (Lipinski definition) is 2. The van der Waals surface area contributed by atoms with Crippen molar-refractivity contribution < 1.29 is 4.42 Å². The summed E-state index contributed by atoms with van der Waals surface area (Å²) >= 11 is 0. The maximum atomic E-state index is 6.57. The Hall–Kier alpha value is -7.68. The molecule has 0 saturated carbocycles. The van der Waals surface area contributed by atoms with E-state index in [1.54, 1.807) is 0 Å². The number of benzene rings is 10. The molecule has 0 aliphatic heterocycles. The van der Waals surface area contributed by atoms with Crippen LogP contribution in [0.2, 0.25) is 0 Å². The van der Waals surface area contributed by atoms with Gasteiger partial charge in [0.2, 0.25) is 0 Å². The predicted octanol–water partition coefficient (Wildman–Crippen LogP) is 15.4. The number of furan rings is 1. The van der Waals surface area contributed by atoms with Crippen molar-refractivity contribution in [2.24, 2.45) is 0 Å². The quantitative estimate of drug-likeness (QED) is 0.157. The molecule has 0 amide bonds. The van der Waals surface area contributed by atoms with Gasteiger partial charge in [0.25, 0.3) is 0 Å². The van der Waals surface area contributed by atoms with Crippen LogP contribution >= 0.6 is 0 Å². The van der Waals surface area contributed by atoms with Gasteiger partial charge in [0, 0.05) is 33.8 Å². The molecule has 0 N–H and O–H groups in total. The molecular formula is C57H37NO. The zero-order valence-electron chi connectivity index (χ0n) is 32.2. The number of rotatable bonds is 6. The van der Waals surface area contributed by atoms with E-state index in [1.807, 2.05) is 6.07 Å². The molecule has 0 radical (unpaired) electrons. The summed E-state index contributed by atoms with van der Waals surface area (Å²) in [5, 5.41) is 7.17. The van der Waals surface area contributed by atoms with Gasteiger partial charge in [0.1, 0.15) is 11.2 Å². The SMILES string of the molecule is c1ccc(C2(c3ccccc3)c3ccccc3-c3ccc(N(c4ccc5c(c4)oc4ccccc45)c4ccccc4-c4cc5ccccc5c5ccccc45)cc32)cc1. The molecule has 1 heterocycles. The first-order chi connectivity index (χ1) is 29.3. The van der Waals surface area contributed by atoms with E-state index in [-0.39, 0.29) is 0 Å². The van der Waals surface area contributed by atoms with E-state index in [2.05, 4.69) is 223 Å². The van der Waals surface area contributed by atoms with Crippen molar-refractivity contribution in [2.45, 2.75) is 5.41 Å². The minimum absolute atomic E-state index is 0.535. The molecule has 12 rings (SSSR count). The Morgan fingerprint density at radius 2 is 0.881 bits per heavy atom. The first-order valence-corrected chi connectivity index (χ1v) is 20.3. The largest absolute Gasteiger partial charge is 0.456 e. The second kappa shape index (κ2) is 13.2. The van der Waals surface area contributed by atoms with Gasteiger partial charge in [0.15, 0.2) is 0 Å². The summed E-state index contributed by atoms with van der Waals surface area (Å²) in [7, 11) is 0. The zero-order valence-corrected chi connectivity index (χ0v) is 32.2. The lowest BCUT2D eigenvalue weighted by Gasteiger charge is -2.35. The van der Waals surface area contributed by atoms with Crippen LogP contribution in [0, 0.1) is 0 Å². The molecule has 1 aromatic heterocycles. The van der Waals surface area contributed by atoms with Gasteiger partial charge in [-0.3, -0.25) is 0 Å². The van der Waals surface area contributed by atoms with Crippen LogP contribution in [0.5, 0.6) is 0 Å². The van der Waals surface area contributed by atoms with Gasteiger partial charge >= 0.3 is 0 Å². The van der Waals surface area contributed by atoms with Crippen LogP contribution in [0.1, 0.15) is 22.3 Å². The van der Waals surface area contributed by atoms with Crippen molar-refractivity contribution in [2.75, 3.05) is 4.90 Å². The first kappa shape index (κ1) is 33.5. The van der Waals surface area contributed by atoms with E-state index in [0.717, 1.165) is 44.6 Å². The molecule has 0 spiro atoms. The predicted molar refractivity (Wildman–Crippen MR) is 246 cm³/mol.